The van der Waals surface area contributed by atoms with Crippen molar-refractivity contribution in [2.75, 3.05) is 39.8 Å². The van der Waals surface area contributed by atoms with E-state index in [1.165, 1.54) is 19.9 Å². The molecule has 5 rings (SSSR count). The molecule has 0 unspecified atom stereocenters. The number of benzene rings is 1. The molecule has 4 aromatic rings. The Labute approximate surface area is 233 Å². The van der Waals surface area contributed by atoms with E-state index in [1.807, 2.05) is 20.9 Å². The van der Waals surface area contributed by atoms with Crippen LogP contribution in [-0.4, -0.2) is 91.6 Å². The molecule has 0 spiro atoms. The van der Waals surface area contributed by atoms with Crippen molar-refractivity contribution in [3.05, 3.63) is 40.6 Å². The fraction of sp³-hybridized carbons (Fsp3) is 0.500. The van der Waals surface area contributed by atoms with Crippen LogP contribution in [0.4, 0.5) is 0 Å². The topological polar surface area (TPSA) is 133 Å². The maximum Gasteiger partial charge on any atom is 0.280 e. The Morgan fingerprint density at radius 1 is 1.02 bits per heavy atom. The number of nitrogens with zero attached hydrogens (tertiary/aromatic N) is 9. The second-order valence-corrected chi connectivity index (χ2v) is 12.0. The van der Waals surface area contributed by atoms with Crippen molar-refractivity contribution in [2.24, 2.45) is 14.1 Å². The van der Waals surface area contributed by atoms with E-state index < -0.39 is 10.0 Å². The van der Waals surface area contributed by atoms with E-state index >= 15 is 0 Å². The van der Waals surface area contributed by atoms with Crippen molar-refractivity contribution in [3.63, 3.8) is 0 Å². The summed E-state index contributed by atoms with van der Waals surface area (Å²) in [5.41, 5.74) is 1.46. The minimum atomic E-state index is -3.76. The van der Waals surface area contributed by atoms with Crippen LogP contribution in [0.3, 0.4) is 0 Å². The molecule has 1 saturated heterocycles. The predicted molar refractivity (Wildman–Crippen MR) is 150 cm³/mol. The van der Waals surface area contributed by atoms with E-state index in [0.717, 1.165) is 12.8 Å². The van der Waals surface area contributed by atoms with E-state index in [-0.39, 0.29) is 16.0 Å². The molecule has 1 aliphatic heterocycles. The van der Waals surface area contributed by atoms with E-state index in [1.54, 1.807) is 36.9 Å². The van der Waals surface area contributed by atoms with Crippen LogP contribution in [0.25, 0.3) is 28.4 Å². The highest BCUT2D eigenvalue weighted by molar-refractivity contribution is 7.89. The zero-order valence-electron chi connectivity index (χ0n) is 23.5. The monoisotopic (exact) mass is 569 g/mol. The first kappa shape index (κ1) is 27.9. The highest BCUT2D eigenvalue weighted by Crippen LogP contribution is 2.33. The fourth-order valence-electron chi connectivity index (χ4n) is 4.82. The normalized spacial score (nSPS) is 15.2. The Hall–Kier alpha value is -3.62. The number of ether oxygens (including phenoxy) is 1. The van der Waals surface area contributed by atoms with Gasteiger partial charge in [0, 0.05) is 40.3 Å². The molecular formula is C26H35N9O4S. The zero-order valence-corrected chi connectivity index (χ0v) is 24.3. The average Bonchev–Trinajstić information content (AvgIpc) is 3.52. The third-order valence-electron chi connectivity index (χ3n) is 7.09. The first-order valence-electron chi connectivity index (χ1n) is 13.5. The summed E-state index contributed by atoms with van der Waals surface area (Å²) in [6.07, 6.45) is 3.69. The summed E-state index contributed by atoms with van der Waals surface area (Å²) in [5.74, 6) is 1.15. The number of aryl methyl sites for hydroxylation is 2. The summed E-state index contributed by atoms with van der Waals surface area (Å²) < 4.78 is 39.3. The number of hydrogen-bond acceptors (Lipinski definition) is 9. The van der Waals surface area contributed by atoms with Gasteiger partial charge < -0.3 is 14.2 Å². The molecule has 0 bridgehead atoms. The molecule has 0 saturated carbocycles. The Morgan fingerprint density at radius 2 is 1.77 bits per heavy atom. The quantitative estimate of drug-likeness (QED) is 0.295. The molecule has 1 aliphatic rings. The van der Waals surface area contributed by atoms with E-state index in [2.05, 4.69) is 15.1 Å². The summed E-state index contributed by atoms with van der Waals surface area (Å²) in [5, 5.41) is 12.8. The molecule has 13 nitrogen and oxygen atoms in total. The number of likely N-dealkylation sites (N-methyl/N-ethyl adjacent to an activating group) is 1. The number of rotatable bonds is 9. The van der Waals surface area contributed by atoms with E-state index in [0.29, 0.717) is 73.5 Å². The van der Waals surface area contributed by atoms with Gasteiger partial charge in [-0.25, -0.2) is 13.4 Å². The molecule has 1 aromatic carbocycles. The molecule has 4 heterocycles. The fourth-order valence-corrected chi connectivity index (χ4v) is 6.27. The molecule has 3 aromatic heterocycles. The number of piperazine rings is 1. The van der Waals surface area contributed by atoms with Gasteiger partial charge >= 0.3 is 0 Å². The zero-order chi connectivity index (χ0) is 28.6. The smallest absolute Gasteiger partial charge is 0.280 e. The largest absolute Gasteiger partial charge is 0.493 e. The van der Waals surface area contributed by atoms with Gasteiger partial charge in [0.25, 0.3) is 11.5 Å². The standard InChI is InChI=1S/C26H35N9O4S/c1-6-8-20-22-23(35(30-20)26-29-27-17-32(26)4)25(36)33(5)24(28-22)19-16-18(9-10-21(19)39-15-7-2)40(37,38)34-13-11-31(3)12-14-34/h9-10,16-17H,6-8,11-15H2,1-5H3. The van der Waals surface area contributed by atoms with Gasteiger partial charge in [-0.3, -0.25) is 9.36 Å². The van der Waals surface area contributed by atoms with Crippen molar-refractivity contribution in [2.45, 2.75) is 38.0 Å². The molecule has 14 heteroatoms. The lowest BCUT2D eigenvalue weighted by molar-refractivity contribution is 0.222. The second-order valence-electron chi connectivity index (χ2n) is 10.1. The Morgan fingerprint density at radius 3 is 2.42 bits per heavy atom. The van der Waals surface area contributed by atoms with Crippen molar-refractivity contribution in [1.29, 1.82) is 0 Å². The first-order valence-corrected chi connectivity index (χ1v) is 14.9. The van der Waals surface area contributed by atoms with Crippen LogP contribution in [0.5, 0.6) is 5.75 Å². The summed E-state index contributed by atoms with van der Waals surface area (Å²) in [4.78, 5) is 21.0. The molecule has 0 N–H and O–H groups in total. The van der Waals surface area contributed by atoms with Crippen LogP contribution in [0, 0.1) is 0 Å². The SMILES string of the molecule is CCCOc1ccc(S(=O)(=O)N2CCN(C)CC2)cc1-c1nc2c(CCC)nn(-c3nncn3C)c2c(=O)n1C. The minimum Gasteiger partial charge on any atom is -0.493 e. The molecule has 0 atom stereocenters. The molecule has 40 heavy (non-hydrogen) atoms. The van der Waals surface area contributed by atoms with Crippen molar-refractivity contribution in [1.82, 2.24) is 43.3 Å². The number of sulfonamides is 1. The van der Waals surface area contributed by atoms with Crippen LogP contribution in [0.2, 0.25) is 0 Å². The van der Waals surface area contributed by atoms with Gasteiger partial charge in [-0.05, 0) is 38.1 Å². The van der Waals surface area contributed by atoms with Gasteiger partial charge in [0.05, 0.1) is 22.8 Å². The highest BCUT2D eigenvalue weighted by atomic mass is 32.2. The van der Waals surface area contributed by atoms with Crippen LogP contribution < -0.4 is 10.3 Å². The first-order chi connectivity index (χ1) is 19.2. The van der Waals surface area contributed by atoms with Crippen LogP contribution in [0.15, 0.2) is 34.2 Å². The summed E-state index contributed by atoms with van der Waals surface area (Å²) in [7, 11) is 1.60. The maximum absolute atomic E-state index is 13.9. The average molecular weight is 570 g/mol. The van der Waals surface area contributed by atoms with Gasteiger partial charge in [0.1, 0.15) is 23.4 Å². The Balaban J connectivity index is 1.72. The summed E-state index contributed by atoms with van der Waals surface area (Å²) in [6, 6.07) is 4.78. The maximum atomic E-state index is 13.9. The lowest BCUT2D eigenvalue weighted by Gasteiger charge is -2.31. The Kier molecular flexibility index (Phi) is 7.75. The van der Waals surface area contributed by atoms with Gasteiger partial charge in [-0.1, -0.05) is 20.3 Å². The number of aromatic nitrogens is 7. The minimum absolute atomic E-state index is 0.133. The van der Waals surface area contributed by atoms with Crippen LogP contribution in [-0.2, 0) is 30.5 Å². The van der Waals surface area contributed by atoms with E-state index in [9.17, 15) is 13.2 Å². The van der Waals surface area contributed by atoms with Gasteiger partial charge in [-0.2, -0.15) is 14.1 Å². The molecule has 0 amide bonds. The van der Waals surface area contributed by atoms with Crippen molar-refractivity contribution >= 4 is 21.1 Å². The van der Waals surface area contributed by atoms with E-state index in [4.69, 9.17) is 14.8 Å². The molecule has 214 valence electrons. The molecule has 0 radical (unpaired) electrons. The molecular weight excluding hydrogens is 534 g/mol. The Bertz CT molecular complexity index is 1700. The van der Waals surface area contributed by atoms with Gasteiger partial charge in [-0.15, -0.1) is 10.2 Å². The van der Waals surface area contributed by atoms with Crippen LogP contribution in [0.1, 0.15) is 32.4 Å². The lowest BCUT2D eigenvalue weighted by atomic mass is 10.1. The highest BCUT2D eigenvalue weighted by Gasteiger charge is 2.30. The lowest BCUT2D eigenvalue weighted by Crippen LogP contribution is -2.47. The third kappa shape index (κ3) is 4.90. The number of fused-ring (bicyclic) bond motifs is 1. The summed E-state index contributed by atoms with van der Waals surface area (Å²) in [6.45, 7) is 6.58. The number of hydrogen-bond donors (Lipinski definition) is 0. The third-order valence-corrected chi connectivity index (χ3v) is 8.98. The molecule has 0 aliphatic carbocycles. The van der Waals surface area contributed by atoms with Crippen molar-refractivity contribution < 1.29 is 13.2 Å². The van der Waals surface area contributed by atoms with Gasteiger partial charge in [0.15, 0.2) is 5.52 Å². The predicted octanol–water partition coefficient (Wildman–Crippen LogP) is 1.59. The van der Waals surface area contributed by atoms with Crippen molar-refractivity contribution in [3.8, 4) is 23.1 Å². The molecule has 1 fully saturated rings. The summed E-state index contributed by atoms with van der Waals surface area (Å²) >= 11 is 0. The van der Waals surface area contributed by atoms with Gasteiger partial charge in [0.2, 0.25) is 10.0 Å². The van der Waals surface area contributed by atoms with Crippen LogP contribution >= 0.6 is 0 Å². The second kappa shape index (κ2) is 11.1.